The average Bonchev–Trinajstić information content (AvgIpc) is 3.31. The molecular formula is C25H28N4O3. The molecule has 1 aliphatic rings. The van der Waals surface area contributed by atoms with Gasteiger partial charge in [-0.15, -0.1) is 0 Å². The summed E-state index contributed by atoms with van der Waals surface area (Å²) in [5, 5.41) is 10.2. The lowest BCUT2D eigenvalue weighted by Crippen LogP contribution is -2.58. The molecule has 7 nitrogen and oxygen atoms in total. The van der Waals surface area contributed by atoms with E-state index in [0.29, 0.717) is 25.2 Å². The summed E-state index contributed by atoms with van der Waals surface area (Å²) in [6.07, 6.45) is 1.98. The van der Waals surface area contributed by atoms with Gasteiger partial charge in [-0.05, 0) is 37.5 Å². The monoisotopic (exact) mass is 432 g/mol. The molecule has 0 atom stereocenters. The number of anilines is 1. The van der Waals surface area contributed by atoms with Crippen molar-refractivity contribution in [3.63, 3.8) is 0 Å². The number of carbonyl (C=O) groups excluding carboxylic acids is 2. The summed E-state index contributed by atoms with van der Waals surface area (Å²) in [6.45, 7) is 5.98. The summed E-state index contributed by atoms with van der Waals surface area (Å²) >= 11 is 0. The van der Waals surface area contributed by atoms with Crippen LogP contribution in [0, 0.1) is 0 Å². The fourth-order valence-corrected chi connectivity index (χ4v) is 3.94. The highest BCUT2D eigenvalue weighted by Crippen LogP contribution is 2.31. The van der Waals surface area contributed by atoms with Crippen LogP contribution >= 0.6 is 0 Å². The Balaban J connectivity index is 1.52. The second-order valence-corrected chi connectivity index (χ2v) is 9.17. The van der Waals surface area contributed by atoms with Gasteiger partial charge in [0.25, 0.3) is 5.91 Å². The molecule has 2 N–H and O–H groups in total. The zero-order valence-electron chi connectivity index (χ0n) is 18.6. The first-order chi connectivity index (χ1) is 15.2. The van der Waals surface area contributed by atoms with Crippen LogP contribution in [0.15, 0.2) is 66.9 Å². The van der Waals surface area contributed by atoms with Crippen molar-refractivity contribution in [1.82, 2.24) is 15.1 Å². The van der Waals surface area contributed by atoms with Gasteiger partial charge in [0.2, 0.25) is 0 Å². The van der Waals surface area contributed by atoms with Crippen molar-refractivity contribution in [2.75, 3.05) is 5.32 Å². The van der Waals surface area contributed by atoms with Gasteiger partial charge in [-0.3, -0.25) is 9.48 Å². The van der Waals surface area contributed by atoms with Crippen molar-refractivity contribution < 1.29 is 14.3 Å². The van der Waals surface area contributed by atoms with Crippen molar-refractivity contribution in [3.05, 3.63) is 83.6 Å². The highest BCUT2D eigenvalue weighted by atomic mass is 16.6. The van der Waals surface area contributed by atoms with Gasteiger partial charge in [0.05, 0.1) is 6.54 Å². The second kappa shape index (κ2) is 8.49. The normalized spacial score (nSPS) is 14.5. The lowest BCUT2D eigenvalue weighted by molar-refractivity contribution is -0.122. The Labute approximate surface area is 187 Å². The minimum Gasteiger partial charge on any atom is -0.444 e. The predicted octanol–water partition coefficient (Wildman–Crippen LogP) is 3.93. The number of alkyl carbamates (subject to hydrolysis) is 1. The van der Waals surface area contributed by atoms with Gasteiger partial charge in [0.1, 0.15) is 11.1 Å². The lowest BCUT2D eigenvalue weighted by atomic mass is 9.94. The fourth-order valence-electron chi connectivity index (χ4n) is 3.94. The summed E-state index contributed by atoms with van der Waals surface area (Å²) in [7, 11) is 0. The molecule has 32 heavy (non-hydrogen) atoms. The summed E-state index contributed by atoms with van der Waals surface area (Å²) in [5.41, 5.74) is 1.38. The molecule has 166 valence electrons. The topological polar surface area (TPSA) is 85.2 Å². The molecule has 0 spiro atoms. The highest BCUT2D eigenvalue weighted by Gasteiger charge is 2.46. The van der Waals surface area contributed by atoms with E-state index >= 15 is 0 Å². The van der Waals surface area contributed by atoms with Gasteiger partial charge >= 0.3 is 6.09 Å². The van der Waals surface area contributed by atoms with Crippen molar-refractivity contribution in [2.45, 2.75) is 51.3 Å². The van der Waals surface area contributed by atoms with Crippen LogP contribution in [0.25, 0.3) is 0 Å². The maximum Gasteiger partial charge on any atom is 0.408 e. The van der Waals surface area contributed by atoms with Crippen LogP contribution in [0.3, 0.4) is 0 Å². The SMILES string of the molecule is CC(C)(C)OC(=O)NC1(C(=O)Nc2ccn(Cc3ccccc3)n2)Cc2ccccc2C1. The predicted molar refractivity (Wildman–Crippen MR) is 122 cm³/mol. The number of hydrogen-bond donors (Lipinski definition) is 2. The fraction of sp³-hybridized carbons (Fsp3) is 0.320. The number of amides is 2. The Morgan fingerprint density at radius 3 is 2.25 bits per heavy atom. The van der Waals surface area contributed by atoms with Crippen LogP contribution in [-0.2, 0) is 28.9 Å². The molecular weight excluding hydrogens is 404 g/mol. The Bertz CT molecular complexity index is 1090. The van der Waals surface area contributed by atoms with E-state index < -0.39 is 17.2 Å². The van der Waals surface area contributed by atoms with Crippen molar-refractivity contribution in [1.29, 1.82) is 0 Å². The first kappa shape index (κ1) is 21.6. The van der Waals surface area contributed by atoms with Gasteiger partial charge in [-0.25, -0.2) is 4.79 Å². The molecule has 1 aromatic heterocycles. The Morgan fingerprint density at radius 1 is 1.00 bits per heavy atom. The van der Waals surface area contributed by atoms with Crippen LogP contribution in [0.4, 0.5) is 10.6 Å². The first-order valence-electron chi connectivity index (χ1n) is 10.7. The number of ether oxygens (including phenoxy) is 1. The summed E-state index contributed by atoms with van der Waals surface area (Å²) in [6, 6.07) is 19.6. The van der Waals surface area contributed by atoms with E-state index in [4.69, 9.17) is 4.74 Å². The number of benzene rings is 2. The molecule has 0 unspecified atom stereocenters. The van der Waals surface area contributed by atoms with Crippen LogP contribution < -0.4 is 10.6 Å². The largest absolute Gasteiger partial charge is 0.444 e. The lowest BCUT2D eigenvalue weighted by Gasteiger charge is -2.30. The van der Waals surface area contributed by atoms with Crippen molar-refractivity contribution in [2.24, 2.45) is 0 Å². The second-order valence-electron chi connectivity index (χ2n) is 9.17. The maximum atomic E-state index is 13.4. The van der Waals surface area contributed by atoms with E-state index in [0.717, 1.165) is 16.7 Å². The minimum absolute atomic E-state index is 0.315. The Hall–Kier alpha value is -3.61. The molecule has 2 aromatic carbocycles. The average molecular weight is 433 g/mol. The van der Waals surface area contributed by atoms with Crippen LogP contribution in [0.1, 0.15) is 37.5 Å². The van der Waals surface area contributed by atoms with E-state index in [1.54, 1.807) is 31.5 Å². The molecule has 0 saturated carbocycles. The summed E-state index contributed by atoms with van der Waals surface area (Å²) in [5.74, 6) is 0.122. The van der Waals surface area contributed by atoms with Gasteiger partial charge in [0.15, 0.2) is 5.82 Å². The van der Waals surface area contributed by atoms with E-state index in [9.17, 15) is 9.59 Å². The number of nitrogens with one attached hydrogen (secondary N) is 2. The molecule has 4 rings (SSSR count). The van der Waals surface area contributed by atoms with E-state index in [1.807, 2.05) is 60.8 Å². The molecule has 0 radical (unpaired) electrons. The van der Waals surface area contributed by atoms with Gasteiger partial charge in [-0.1, -0.05) is 54.6 Å². The molecule has 7 heteroatoms. The molecule has 0 bridgehead atoms. The summed E-state index contributed by atoms with van der Waals surface area (Å²) < 4.78 is 7.21. The van der Waals surface area contributed by atoms with Crippen LogP contribution in [0.5, 0.6) is 0 Å². The quantitative estimate of drug-likeness (QED) is 0.640. The van der Waals surface area contributed by atoms with Crippen LogP contribution in [0.2, 0.25) is 0 Å². The summed E-state index contributed by atoms with van der Waals surface area (Å²) in [4.78, 5) is 26.0. The first-order valence-corrected chi connectivity index (χ1v) is 10.7. The molecule has 0 fully saturated rings. The molecule has 1 heterocycles. The molecule has 1 aliphatic carbocycles. The standard InChI is InChI=1S/C25H28N4O3/c1-24(2,3)32-23(31)27-25(15-19-11-7-8-12-20(19)16-25)22(30)26-21-13-14-29(28-21)17-18-9-5-4-6-10-18/h4-14H,15-17H2,1-3H3,(H,27,31)(H,26,28,30). The van der Waals surface area contributed by atoms with E-state index in [1.165, 1.54) is 0 Å². The third kappa shape index (κ3) is 4.99. The smallest absolute Gasteiger partial charge is 0.408 e. The van der Waals surface area contributed by atoms with Gasteiger partial charge in [0, 0.05) is 25.1 Å². The van der Waals surface area contributed by atoms with Gasteiger partial charge in [-0.2, -0.15) is 5.10 Å². The zero-order valence-corrected chi connectivity index (χ0v) is 18.6. The molecule has 2 amide bonds. The van der Waals surface area contributed by atoms with Gasteiger partial charge < -0.3 is 15.4 Å². The van der Waals surface area contributed by atoms with E-state index in [-0.39, 0.29) is 5.91 Å². The number of aromatic nitrogens is 2. The third-order valence-electron chi connectivity index (χ3n) is 5.35. The molecule has 0 aliphatic heterocycles. The van der Waals surface area contributed by atoms with Crippen molar-refractivity contribution in [3.8, 4) is 0 Å². The maximum absolute atomic E-state index is 13.4. The molecule has 3 aromatic rings. The zero-order chi connectivity index (χ0) is 22.8. The highest BCUT2D eigenvalue weighted by molar-refractivity contribution is 6.00. The third-order valence-corrected chi connectivity index (χ3v) is 5.35. The minimum atomic E-state index is -1.14. The number of nitrogens with zero attached hydrogens (tertiary/aromatic N) is 2. The Kier molecular flexibility index (Phi) is 5.74. The number of fused-ring (bicyclic) bond motifs is 1. The van der Waals surface area contributed by atoms with E-state index in [2.05, 4.69) is 15.7 Å². The molecule has 0 saturated heterocycles. The number of carbonyl (C=O) groups is 2. The number of hydrogen-bond acceptors (Lipinski definition) is 4. The number of rotatable bonds is 5. The Morgan fingerprint density at radius 2 is 1.62 bits per heavy atom. The van der Waals surface area contributed by atoms with Crippen molar-refractivity contribution >= 4 is 17.8 Å². The van der Waals surface area contributed by atoms with Crippen LogP contribution in [-0.4, -0.2) is 32.9 Å².